The molecule has 0 atom stereocenters. The minimum atomic E-state index is 0.678. The van der Waals surface area contributed by atoms with E-state index in [4.69, 9.17) is 4.74 Å². The predicted molar refractivity (Wildman–Crippen MR) is 80.3 cm³/mol. The minimum absolute atomic E-state index is 0.678. The molecule has 0 aliphatic carbocycles. The van der Waals surface area contributed by atoms with Crippen molar-refractivity contribution in [1.82, 2.24) is 20.3 Å². The molecule has 2 aromatic rings. The Labute approximate surface area is 128 Å². The van der Waals surface area contributed by atoms with E-state index in [0.29, 0.717) is 13.2 Å². The summed E-state index contributed by atoms with van der Waals surface area (Å²) in [7, 11) is 1.68. The molecular weight excluding hydrogens is 376 g/mol. The highest BCUT2D eigenvalue weighted by Crippen LogP contribution is 2.24. The van der Waals surface area contributed by atoms with Crippen molar-refractivity contribution in [2.45, 2.75) is 6.54 Å². The molecular formula is C12H14Br2N4O. The molecule has 1 aromatic carbocycles. The van der Waals surface area contributed by atoms with Gasteiger partial charge in [0.15, 0.2) is 0 Å². The van der Waals surface area contributed by atoms with Gasteiger partial charge in [-0.25, -0.2) is 4.68 Å². The molecule has 0 bridgehead atoms. The summed E-state index contributed by atoms with van der Waals surface area (Å²) in [5.74, 6) is 0. The lowest BCUT2D eigenvalue weighted by atomic mass is 10.3. The van der Waals surface area contributed by atoms with Crippen molar-refractivity contribution in [2.75, 3.05) is 20.3 Å². The van der Waals surface area contributed by atoms with E-state index in [2.05, 4.69) is 47.5 Å². The van der Waals surface area contributed by atoms with E-state index < -0.39 is 0 Å². The van der Waals surface area contributed by atoms with Crippen LogP contribution in [-0.2, 0) is 11.3 Å². The van der Waals surface area contributed by atoms with Crippen molar-refractivity contribution in [3.63, 3.8) is 0 Å². The van der Waals surface area contributed by atoms with Gasteiger partial charge in [-0.1, -0.05) is 21.1 Å². The van der Waals surface area contributed by atoms with E-state index in [1.165, 1.54) is 0 Å². The predicted octanol–water partition coefficient (Wildman–Crippen LogP) is 2.53. The van der Waals surface area contributed by atoms with Crippen molar-refractivity contribution in [2.24, 2.45) is 0 Å². The first-order chi connectivity index (χ1) is 9.20. The fourth-order valence-corrected chi connectivity index (χ4v) is 2.78. The third-order valence-electron chi connectivity index (χ3n) is 2.49. The third kappa shape index (κ3) is 4.10. The van der Waals surface area contributed by atoms with Gasteiger partial charge in [-0.3, -0.25) is 0 Å². The molecule has 0 saturated heterocycles. The summed E-state index contributed by atoms with van der Waals surface area (Å²) in [6, 6.07) is 5.93. The Hall–Kier alpha value is -0.760. The quantitative estimate of drug-likeness (QED) is 0.771. The fraction of sp³-hybridized carbons (Fsp3) is 0.333. The van der Waals surface area contributed by atoms with Crippen molar-refractivity contribution >= 4 is 31.9 Å². The Bertz CT molecular complexity index is 544. The van der Waals surface area contributed by atoms with E-state index in [9.17, 15) is 0 Å². The molecule has 0 aliphatic rings. The number of methoxy groups -OCH3 is 1. The van der Waals surface area contributed by atoms with Gasteiger partial charge in [0, 0.05) is 29.1 Å². The van der Waals surface area contributed by atoms with Crippen LogP contribution in [0.15, 0.2) is 33.3 Å². The zero-order chi connectivity index (χ0) is 13.7. The molecule has 1 heterocycles. The first-order valence-electron chi connectivity index (χ1n) is 5.77. The van der Waals surface area contributed by atoms with Crippen LogP contribution in [0.25, 0.3) is 5.69 Å². The number of hydrogen-bond acceptors (Lipinski definition) is 4. The second kappa shape index (κ2) is 7.14. The monoisotopic (exact) mass is 388 g/mol. The van der Waals surface area contributed by atoms with Gasteiger partial charge < -0.3 is 10.1 Å². The molecule has 0 aliphatic heterocycles. The maximum absolute atomic E-state index is 4.97. The molecule has 0 spiro atoms. The summed E-state index contributed by atoms with van der Waals surface area (Å²) in [5.41, 5.74) is 1.85. The molecule has 0 radical (unpaired) electrons. The molecule has 7 heteroatoms. The summed E-state index contributed by atoms with van der Waals surface area (Å²) in [6.45, 7) is 2.16. The Morgan fingerprint density at radius 3 is 2.95 bits per heavy atom. The molecule has 1 aromatic heterocycles. The van der Waals surface area contributed by atoms with Gasteiger partial charge >= 0.3 is 0 Å². The number of nitrogens with zero attached hydrogens (tertiary/aromatic N) is 3. The van der Waals surface area contributed by atoms with Crippen LogP contribution in [0.5, 0.6) is 0 Å². The van der Waals surface area contributed by atoms with Crippen LogP contribution in [0.4, 0.5) is 0 Å². The van der Waals surface area contributed by atoms with E-state index in [1.807, 2.05) is 24.4 Å². The number of nitrogens with one attached hydrogen (secondary N) is 1. The van der Waals surface area contributed by atoms with Gasteiger partial charge in [0.25, 0.3) is 0 Å². The summed E-state index contributed by atoms with van der Waals surface area (Å²) >= 11 is 6.94. The van der Waals surface area contributed by atoms with Crippen molar-refractivity contribution < 1.29 is 4.74 Å². The van der Waals surface area contributed by atoms with Crippen LogP contribution >= 0.6 is 31.9 Å². The van der Waals surface area contributed by atoms with Crippen LogP contribution in [-0.4, -0.2) is 35.3 Å². The lowest BCUT2D eigenvalue weighted by Crippen LogP contribution is -2.18. The van der Waals surface area contributed by atoms with Crippen LogP contribution in [0, 0.1) is 0 Å². The largest absolute Gasteiger partial charge is 0.383 e. The van der Waals surface area contributed by atoms with Gasteiger partial charge in [-0.2, -0.15) is 0 Å². The molecule has 0 saturated carbocycles. The summed E-state index contributed by atoms with van der Waals surface area (Å²) in [6.07, 6.45) is 1.91. The van der Waals surface area contributed by atoms with Crippen molar-refractivity contribution in [3.8, 4) is 5.69 Å². The maximum atomic E-state index is 4.97. The van der Waals surface area contributed by atoms with Crippen LogP contribution in [0.3, 0.4) is 0 Å². The second-order valence-corrected chi connectivity index (χ2v) is 5.69. The number of ether oxygens (including phenoxy) is 1. The Balaban J connectivity index is 2.04. The number of hydrogen-bond donors (Lipinski definition) is 1. The number of aromatic nitrogens is 3. The smallest absolute Gasteiger partial charge is 0.0969 e. The zero-order valence-electron chi connectivity index (χ0n) is 10.4. The first-order valence-corrected chi connectivity index (χ1v) is 7.35. The maximum Gasteiger partial charge on any atom is 0.0969 e. The third-order valence-corrected chi connectivity index (χ3v) is 3.61. The molecule has 102 valence electrons. The van der Waals surface area contributed by atoms with Gasteiger partial charge in [-0.15, -0.1) is 5.10 Å². The van der Waals surface area contributed by atoms with Crippen LogP contribution in [0.2, 0.25) is 0 Å². The average Bonchev–Trinajstić information content (AvgIpc) is 2.83. The molecule has 0 amide bonds. The normalized spacial score (nSPS) is 10.9. The van der Waals surface area contributed by atoms with Gasteiger partial charge in [-0.05, 0) is 34.1 Å². The second-order valence-electron chi connectivity index (χ2n) is 3.92. The van der Waals surface area contributed by atoms with Crippen LogP contribution in [0.1, 0.15) is 5.69 Å². The highest BCUT2D eigenvalue weighted by Gasteiger charge is 2.06. The lowest BCUT2D eigenvalue weighted by molar-refractivity contribution is 0.199. The van der Waals surface area contributed by atoms with Crippen molar-refractivity contribution in [1.29, 1.82) is 0 Å². The zero-order valence-corrected chi connectivity index (χ0v) is 13.6. The van der Waals surface area contributed by atoms with E-state index in [0.717, 1.165) is 26.9 Å². The standard InChI is InChI=1S/C12H14Br2N4O/c1-19-5-4-15-7-10-8-18(17-16-10)12-3-2-9(13)6-11(12)14/h2-3,6,8,15H,4-5,7H2,1H3. The van der Waals surface area contributed by atoms with E-state index in [1.54, 1.807) is 11.8 Å². The molecule has 2 rings (SSSR count). The highest BCUT2D eigenvalue weighted by atomic mass is 79.9. The topological polar surface area (TPSA) is 52.0 Å². The number of rotatable bonds is 6. The average molecular weight is 390 g/mol. The first kappa shape index (κ1) is 14.6. The number of benzene rings is 1. The van der Waals surface area contributed by atoms with Gasteiger partial charge in [0.1, 0.15) is 0 Å². The number of halogens is 2. The highest BCUT2D eigenvalue weighted by molar-refractivity contribution is 9.11. The molecule has 0 fully saturated rings. The van der Waals surface area contributed by atoms with E-state index >= 15 is 0 Å². The van der Waals surface area contributed by atoms with Gasteiger partial charge in [0.2, 0.25) is 0 Å². The minimum Gasteiger partial charge on any atom is -0.383 e. The Morgan fingerprint density at radius 2 is 2.21 bits per heavy atom. The summed E-state index contributed by atoms with van der Waals surface area (Å²) in [4.78, 5) is 0. The Morgan fingerprint density at radius 1 is 1.37 bits per heavy atom. The molecule has 19 heavy (non-hydrogen) atoms. The molecule has 0 unspecified atom stereocenters. The van der Waals surface area contributed by atoms with E-state index in [-0.39, 0.29) is 0 Å². The molecule has 1 N–H and O–H groups in total. The molecule has 5 nitrogen and oxygen atoms in total. The Kier molecular flexibility index (Phi) is 5.50. The lowest BCUT2D eigenvalue weighted by Gasteiger charge is -2.03. The van der Waals surface area contributed by atoms with Crippen molar-refractivity contribution in [3.05, 3.63) is 39.0 Å². The summed E-state index contributed by atoms with van der Waals surface area (Å²) in [5, 5.41) is 11.5. The SMILES string of the molecule is COCCNCc1cn(-c2ccc(Br)cc2Br)nn1. The van der Waals surface area contributed by atoms with Crippen LogP contribution < -0.4 is 5.32 Å². The fourth-order valence-electron chi connectivity index (χ4n) is 1.55. The van der Waals surface area contributed by atoms with Gasteiger partial charge in [0.05, 0.1) is 24.2 Å². The summed E-state index contributed by atoms with van der Waals surface area (Å²) < 4.78 is 8.70.